The van der Waals surface area contributed by atoms with Crippen LogP contribution in [-0.2, 0) is 4.74 Å². The predicted octanol–water partition coefficient (Wildman–Crippen LogP) is 5.43. The predicted molar refractivity (Wildman–Crippen MR) is 120 cm³/mol. The Morgan fingerprint density at radius 1 is 1.27 bits per heavy atom. The third-order valence-corrected chi connectivity index (χ3v) is 7.69. The molecule has 1 aromatic rings. The van der Waals surface area contributed by atoms with Crippen LogP contribution in [0.3, 0.4) is 0 Å². The van der Waals surface area contributed by atoms with Gasteiger partial charge in [-0.15, -0.1) is 11.3 Å². The van der Waals surface area contributed by atoms with Gasteiger partial charge in [0.05, 0.1) is 5.56 Å². The average molecular weight is 431 g/mol. The number of likely N-dealkylation sites (tertiary alicyclic amines) is 2. The van der Waals surface area contributed by atoms with Crippen LogP contribution in [0.15, 0.2) is 23.6 Å². The standard InChI is InChI=1S/C24H34N2O3S/c1-16-10-19-13-24(5,12-16)15-26(19)21(27)18-11-20(30-14-18)17-6-8-25(9-7-17)22(28)29-23(2,3)4/h11,14,17,19H,1,6-10,12-13,15H2,2-5H3. The van der Waals surface area contributed by atoms with E-state index in [1.165, 1.54) is 10.5 Å². The normalized spacial score (nSPS) is 27.5. The lowest BCUT2D eigenvalue weighted by Crippen LogP contribution is -2.41. The van der Waals surface area contributed by atoms with Crippen LogP contribution in [0, 0.1) is 5.41 Å². The van der Waals surface area contributed by atoms with Gasteiger partial charge >= 0.3 is 6.09 Å². The Kier molecular flexibility index (Phi) is 5.50. The van der Waals surface area contributed by atoms with Crippen molar-refractivity contribution in [1.29, 1.82) is 0 Å². The Labute approximate surface area is 184 Å². The molecule has 1 aromatic heterocycles. The fourth-order valence-corrected chi connectivity index (χ4v) is 6.41. The molecule has 30 heavy (non-hydrogen) atoms. The van der Waals surface area contributed by atoms with E-state index in [9.17, 15) is 9.59 Å². The molecule has 1 aliphatic carbocycles. The monoisotopic (exact) mass is 430 g/mol. The van der Waals surface area contributed by atoms with Gasteiger partial charge in [0, 0.05) is 35.9 Å². The Balaban J connectivity index is 1.37. The summed E-state index contributed by atoms with van der Waals surface area (Å²) in [5.41, 5.74) is 1.84. The largest absolute Gasteiger partial charge is 0.444 e. The van der Waals surface area contributed by atoms with Gasteiger partial charge in [-0.25, -0.2) is 4.79 Å². The summed E-state index contributed by atoms with van der Waals surface area (Å²) in [4.78, 5) is 30.7. The lowest BCUT2D eigenvalue weighted by molar-refractivity contribution is 0.0205. The first-order chi connectivity index (χ1) is 14.0. The minimum atomic E-state index is -0.464. The zero-order valence-corrected chi connectivity index (χ0v) is 19.5. The van der Waals surface area contributed by atoms with Crippen LogP contribution in [0.2, 0.25) is 0 Å². The molecule has 3 heterocycles. The van der Waals surface area contributed by atoms with E-state index >= 15 is 0 Å². The Hall–Kier alpha value is -1.82. The van der Waals surface area contributed by atoms with E-state index in [0.29, 0.717) is 25.0 Å². The van der Waals surface area contributed by atoms with Crippen molar-refractivity contribution in [2.75, 3.05) is 19.6 Å². The van der Waals surface area contributed by atoms with Crippen LogP contribution in [-0.4, -0.2) is 53.1 Å². The molecule has 2 saturated heterocycles. The first-order valence-corrected chi connectivity index (χ1v) is 11.9. The van der Waals surface area contributed by atoms with Gasteiger partial charge < -0.3 is 14.5 Å². The van der Waals surface area contributed by atoms with Gasteiger partial charge in [-0.1, -0.05) is 19.1 Å². The van der Waals surface area contributed by atoms with Crippen molar-refractivity contribution in [3.05, 3.63) is 34.0 Å². The summed E-state index contributed by atoms with van der Waals surface area (Å²) in [5, 5.41) is 2.03. The smallest absolute Gasteiger partial charge is 0.410 e. The average Bonchev–Trinajstić information content (AvgIpc) is 3.22. The number of amides is 2. The van der Waals surface area contributed by atoms with Gasteiger partial charge in [0.15, 0.2) is 0 Å². The molecule has 5 nitrogen and oxygen atoms in total. The summed E-state index contributed by atoms with van der Waals surface area (Å²) in [6, 6.07) is 2.41. The van der Waals surface area contributed by atoms with Gasteiger partial charge in [0.25, 0.3) is 5.91 Å². The molecule has 0 spiro atoms. The summed E-state index contributed by atoms with van der Waals surface area (Å²) < 4.78 is 5.49. The maximum atomic E-state index is 13.2. The van der Waals surface area contributed by atoms with E-state index in [1.54, 1.807) is 16.2 Å². The summed E-state index contributed by atoms with van der Waals surface area (Å²) in [5.74, 6) is 0.581. The second-order valence-corrected chi connectivity index (χ2v) is 11.7. The zero-order chi connectivity index (χ0) is 21.7. The molecule has 1 saturated carbocycles. The topological polar surface area (TPSA) is 49.9 Å². The van der Waals surface area contributed by atoms with Crippen LogP contribution in [0.4, 0.5) is 4.79 Å². The molecule has 0 N–H and O–H groups in total. The molecular weight excluding hydrogens is 396 g/mol. The van der Waals surface area contributed by atoms with E-state index in [0.717, 1.165) is 44.2 Å². The maximum Gasteiger partial charge on any atom is 0.410 e. The van der Waals surface area contributed by atoms with Crippen LogP contribution < -0.4 is 0 Å². The van der Waals surface area contributed by atoms with Gasteiger partial charge in [-0.2, -0.15) is 0 Å². The van der Waals surface area contributed by atoms with Crippen molar-refractivity contribution in [3.8, 4) is 0 Å². The first-order valence-electron chi connectivity index (χ1n) is 11.1. The second-order valence-electron chi connectivity index (χ2n) is 10.7. The molecule has 3 fully saturated rings. The van der Waals surface area contributed by atoms with Gasteiger partial charge in [-0.05, 0) is 70.3 Å². The molecule has 2 bridgehead atoms. The number of piperidine rings is 1. The molecule has 2 atom stereocenters. The molecule has 3 aliphatic rings. The Morgan fingerprint density at radius 3 is 2.63 bits per heavy atom. The number of hydrogen-bond acceptors (Lipinski definition) is 4. The number of fused-ring (bicyclic) bond motifs is 2. The molecule has 2 amide bonds. The molecule has 2 unspecified atom stereocenters. The van der Waals surface area contributed by atoms with E-state index in [4.69, 9.17) is 4.74 Å². The van der Waals surface area contributed by atoms with E-state index in [-0.39, 0.29) is 17.4 Å². The zero-order valence-electron chi connectivity index (χ0n) is 18.7. The Morgan fingerprint density at radius 2 is 1.97 bits per heavy atom. The highest BCUT2D eigenvalue weighted by atomic mass is 32.1. The minimum Gasteiger partial charge on any atom is -0.444 e. The van der Waals surface area contributed by atoms with Crippen molar-refractivity contribution >= 4 is 23.3 Å². The number of hydrogen-bond donors (Lipinski definition) is 0. The Bertz CT molecular complexity index is 847. The van der Waals surface area contributed by atoms with Crippen molar-refractivity contribution < 1.29 is 14.3 Å². The quantitative estimate of drug-likeness (QED) is 0.588. The number of rotatable bonds is 2. The fraction of sp³-hybridized carbons (Fsp3) is 0.667. The number of ether oxygens (including phenoxy) is 1. The molecule has 0 aromatic carbocycles. The van der Waals surface area contributed by atoms with Crippen LogP contribution in [0.5, 0.6) is 0 Å². The summed E-state index contributed by atoms with van der Waals surface area (Å²) in [6.07, 6.45) is 4.69. The number of thiophene rings is 1. The number of carbonyl (C=O) groups excluding carboxylic acids is 2. The molecule has 2 aliphatic heterocycles. The highest BCUT2D eigenvalue weighted by Crippen LogP contribution is 2.47. The van der Waals surface area contributed by atoms with Gasteiger partial charge in [-0.3, -0.25) is 4.79 Å². The van der Waals surface area contributed by atoms with Gasteiger partial charge in [0.2, 0.25) is 0 Å². The third kappa shape index (κ3) is 4.43. The van der Waals surface area contributed by atoms with E-state index in [1.807, 2.05) is 26.2 Å². The van der Waals surface area contributed by atoms with Crippen LogP contribution >= 0.6 is 11.3 Å². The van der Waals surface area contributed by atoms with Crippen molar-refractivity contribution in [2.45, 2.75) is 77.4 Å². The number of nitrogens with zero attached hydrogens (tertiary/aromatic N) is 2. The summed E-state index contributed by atoms with van der Waals surface area (Å²) in [6.45, 7) is 14.4. The van der Waals surface area contributed by atoms with Crippen molar-refractivity contribution in [1.82, 2.24) is 9.80 Å². The first kappa shape index (κ1) is 21.4. The lowest BCUT2D eigenvalue weighted by atomic mass is 9.75. The van der Waals surface area contributed by atoms with Gasteiger partial charge in [0.1, 0.15) is 5.60 Å². The van der Waals surface area contributed by atoms with E-state index < -0.39 is 5.60 Å². The van der Waals surface area contributed by atoms with Crippen molar-refractivity contribution in [2.24, 2.45) is 5.41 Å². The molecule has 164 valence electrons. The SMILES string of the molecule is C=C1CC2CC(C)(C1)CN2C(=O)c1csc(C2CCN(C(=O)OC(C)(C)C)CC2)c1. The van der Waals surface area contributed by atoms with Crippen LogP contribution in [0.1, 0.15) is 81.0 Å². The highest BCUT2D eigenvalue weighted by Gasteiger charge is 2.46. The maximum absolute atomic E-state index is 13.2. The molecule has 4 rings (SSSR count). The molecule has 6 heteroatoms. The minimum absolute atomic E-state index is 0.173. The lowest BCUT2D eigenvalue weighted by Gasteiger charge is -2.33. The number of carbonyl (C=O) groups is 2. The fourth-order valence-electron chi connectivity index (χ4n) is 5.36. The summed E-state index contributed by atoms with van der Waals surface area (Å²) >= 11 is 1.69. The third-order valence-electron chi connectivity index (χ3n) is 6.60. The molecular formula is C24H34N2O3S. The highest BCUT2D eigenvalue weighted by molar-refractivity contribution is 7.10. The second kappa shape index (κ2) is 7.70. The van der Waals surface area contributed by atoms with Crippen LogP contribution in [0.25, 0.3) is 0 Å². The van der Waals surface area contributed by atoms with E-state index in [2.05, 4.69) is 24.5 Å². The van der Waals surface area contributed by atoms with Crippen molar-refractivity contribution in [3.63, 3.8) is 0 Å². The summed E-state index contributed by atoms with van der Waals surface area (Å²) in [7, 11) is 0. The molecule has 0 radical (unpaired) electrons.